The molecule has 2 aromatic rings. The van der Waals surface area contributed by atoms with Crippen LogP contribution in [0.25, 0.3) is 0 Å². The molecule has 0 N–H and O–H groups in total. The van der Waals surface area contributed by atoms with Crippen molar-refractivity contribution in [2.45, 2.75) is 0 Å². The van der Waals surface area contributed by atoms with Crippen molar-refractivity contribution in [1.82, 2.24) is 0 Å². The molecule has 0 heterocycles. The van der Waals surface area contributed by atoms with Gasteiger partial charge < -0.3 is 9.84 Å². The zero-order valence-corrected chi connectivity index (χ0v) is 11.6. The van der Waals surface area contributed by atoms with Crippen LogP contribution in [0.3, 0.4) is 0 Å². The van der Waals surface area contributed by atoms with Gasteiger partial charge in [0.05, 0.1) is 0 Å². The summed E-state index contributed by atoms with van der Waals surface area (Å²) in [5, 5.41) is 11.3. The molecule has 0 spiro atoms. The van der Waals surface area contributed by atoms with Gasteiger partial charge in [0.15, 0.2) is 0 Å². The van der Waals surface area contributed by atoms with Crippen LogP contribution in [0.4, 0.5) is 0 Å². The molecule has 15 heavy (non-hydrogen) atoms. The summed E-state index contributed by atoms with van der Waals surface area (Å²) in [6.07, 6.45) is 0. The zero-order valence-electron chi connectivity index (χ0n) is 8.51. The quantitative estimate of drug-likeness (QED) is 0.648. The van der Waals surface area contributed by atoms with Crippen molar-refractivity contribution in [3.8, 4) is 17.2 Å². The summed E-state index contributed by atoms with van der Waals surface area (Å²) in [6.45, 7) is 0. The van der Waals surface area contributed by atoms with Crippen LogP contribution in [0.5, 0.6) is 17.2 Å². The van der Waals surface area contributed by atoms with Gasteiger partial charge in [-0.05, 0) is 18.2 Å². The summed E-state index contributed by atoms with van der Waals surface area (Å²) < 4.78 is 5.40. The van der Waals surface area contributed by atoms with E-state index in [0.29, 0.717) is 11.5 Å². The van der Waals surface area contributed by atoms with E-state index >= 15 is 0 Å². The van der Waals surface area contributed by atoms with Gasteiger partial charge in [-0.2, -0.15) is 0 Å². The van der Waals surface area contributed by atoms with Gasteiger partial charge in [0, 0.05) is 0 Å². The summed E-state index contributed by atoms with van der Waals surface area (Å²) in [5.74, 6) is 0.936. The Kier molecular flexibility index (Phi) is 5.35. The molecule has 0 saturated carbocycles. The number of para-hydroxylation sites is 3. The van der Waals surface area contributed by atoms with Gasteiger partial charge in [-0.1, -0.05) is 42.1 Å². The molecule has 0 aliphatic rings. The molecule has 0 amide bonds. The first-order chi connectivity index (χ1) is 6.86. The molecule has 2 nitrogen and oxygen atoms in total. The molecule has 0 saturated heterocycles. The Balaban J connectivity index is 0.00000112. The fourth-order valence-corrected chi connectivity index (χ4v) is 1.15. The smallest absolute Gasteiger partial charge is 0.870 e. The van der Waals surface area contributed by atoms with Gasteiger partial charge in [0.1, 0.15) is 11.5 Å². The maximum Gasteiger partial charge on any atom is 1.00 e. The standard InChI is InChI=1S/C12H10O2.K/c13-11-8-4-5-9-12(11)14-10-6-2-1-3-7-10;/h1-9,13H;/q;+1/p-1. The van der Waals surface area contributed by atoms with E-state index in [9.17, 15) is 5.11 Å². The fraction of sp³-hybridized carbons (Fsp3) is 0. The molecule has 0 aliphatic heterocycles. The van der Waals surface area contributed by atoms with Crippen molar-refractivity contribution in [1.29, 1.82) is 0 Å². The third-order valence-corrected chi connectivity index (χ3v) is 1.82. The Morgan fingerprint density at radius 1 is 0.800 bits per heavy atom. The van der Waals surface area contributed by atoms with E-state index in [1.165, 1.54) is 6.07 Å². The molecule has 70 valence electrons. The average Bonchev–Trinajstić information content (AvgIpc) is 2.23. The second-order valence-electron chi connectivity index (χ2n) is 2.86. The molecule has 0 unspecified atom stereocenters. The molecule has 0 bridgehead atoms. The largest absolute Gasteiger partial charge is 1.00 e. The molecule has 2 aromatic carbocycles. The molecule has 0 fully saturated rings. The predicted octanol–water partition coefficient (Wildman–Crippen LogP) is -0.444. The monoisotopic (exact) mass is 224 g/mol. The van der Waals surface area contributed by atoms with Crippen molar-refractivity contribution >= 4 is 0 Å². The van der Waals surface area contributed by atoms with E-state index < -0.39 is 0 Å². The molecular formula is C12H9KO2. The van der Waals surface area contributed by atoms with Gasteiger partial charge in [-0.25, -0.2) is 0 Å². The number of benzene rings is 2. The molecule has 3 heteroatoms. The minimum atomic E-state index is -0.101. The summed E-state index contributed by atoms with van der Waals surface area (Å²) >= 11 is 0. The van der Waals surface area contributed by atoms with Crippen LogP contribution in [0.2, 0.25) is 0 Å². The Bertz CT molecular complexity index is 415. The third-order valence-electron chi connectivity index (χ3n) is 1.82. The van der Waals surface area contributed by atoms with E-state index in [1.807, 2.05) is 30.3 Å². The Morgan fingerprint density at radius 3 is 2.07 bits per heavy atom. The average molecular weight is 224 g/mol. The van der Waals surface area contributed by atoms with Crippen molar-refractivity contribution in [2.24, 2.45) is 0 Å². The van der Waals surface area contributed by atoms with Gasteiger partial charge >= 0.3 is 51.4 Å². The van der Waals surface area contributed by atoms with Crippen LogP contribution in [-0.2, 0) is 0 Å². The summed E-state index contributed by atoms with van der Waals surface area (Å²) in [5.41, 5.74) is 0. The maximum absolute atomic E-state index is 11.3. The molecule has 2 rings (SSSR count). The molecular weight excluding hydrogens is 215 g/mol. The Morgan fingerprint density at radius 2 is 1.40 bits per heavy atom. The normalized spacial score (nSPS) is 9.07. The second kappa shape index (κ2) is 6.30. The van der Waals surface area contributed by atoms with Crippen molar-refractivity contribution < 1.29 is 61.2 Å². The van der Waals surface area contributed by atoms with Gasteiger partial charge in [0.2, 0.25) is 0 Å². The van der Waals surface area contributed by atoms with Gasteiger partial charge in [0.25, 0.3) is 0 Å². The minimum Gasteiger partial charge on any atom is -0.870 e. The summed E-state index contributed by atoms with van der Waals surface area (Å²) in [4.78, 5) is 0. The van der Waals surface area contributed by atoms with Crippen LogP contribution in [0, 0.1) is 0 Å². The van der Waals surface area contributed by atoms with E-state index in [2.05, 4.69) is 0 Å². The third kappa shape index (κ3) is 3.63. The van der Waals surface area contributed by atoms with Crippen molar-refractivity contribution in [2.75, 3.05) is 0 Å². The molecule has 0 atom stereocenters. The number of ether oxygens (including phenoxy) is 1. The zero-order chi connectivity index (χ0) is 9.80. The minimum absolute atomic E-state index is 0. The Hall–Kier alpha value is -0.324. The number of hydrogen-bond acceptors (Lipinski definition) is 2. The van der Waals surface area contributed by atoms with Crippen LogP contribution in [0.1, 0.15) is 0 Å². The van der Waals surface area contributed by atoms with Crippen LogP contribution < -0.4 is 61.2 Å². The molecule has 0 radical (unpaired) electrons. The topological polar surface area (TPSA) is 32.3 Å². The van der Waals surface area contributed by atoms with E-state index in [4.69, 9.17) is 4.74 Å². The maximum atomic E-state index is 11.3. The fourth-order valence-electron chi connectivity index (χ4n) is 1.15. The number of hydrogen-bond donors (Lipinski definition) is 0. The first kappa shape index (κ1) is 12.7. The van der Waals surface area contributed by atoms with E-state index in [0.717, 1.165) is 0 Å². The first-order valence-electron chi connectivity index (χ1n) is 4.35. The van der Waals surface area contributed by atoms with Crippen LogP contribution in [-0.4, -0.2) is 0 Å². The number of rotatable bonds is 2. The van der Waals surface area contributed by atoms with E-state index in [-0.39, 0.29) is 57.1 Å². The van der Waals surface area contributed by atoms with Crippen molar-refractivity contribution in [3.05, 3.63) is 54.6 Å². The van der Waals surface area contributed by atoms with E-state index in [1.54, 1.807) is 18.2 Å². The van der Waals surface area contributed by atoms with Crippen LogP contribution in [0.15, 0.2) is 54.6 Å². The first-order valence-corrected chi connectivity index (χ1v) is 4.35. The predicted molar refractivity (Wildman–Crippen MR) is 52.4 cm³/mol. The summed E-state index contributed by atoms with van der Waals surface area (Å²) in [6, 6.07) is 15.9. The van der Waals surface area contributed by atoms with Gasteiger partial charge in [-0.3, -0.25) is 0 Å². The van der Waals surface area contributed by atoms with Crippen molar-refractivity contribution in [3.63, 3.8) is 0 Å². The van der Waals surface area contributed by atoms with Crippen LogP contribution >= 0.6 is 0 Å². The molecule has 0 aromatic heterocycles. The molecule has 0 aliphatic carbocycles. The second-order valence-corrected chi connectivity index (χ2v) is 2.86. The Labute approximate surface area is 131 Å². The van der Waals surface area contributed by atoms with Gasteiger partial charge in [-0.15, -0.1) is 0 Å². The SMILES string of the molecule is [K+].[O-]c1ccccc1Oc1ccccc1. The summed E-state index contributed by atoms with van der Waals surface area (Å²) in [7, 11) is 0.